The van der Waals surface area contributed by atoms with E-state index < -0.39 is 5.97 Å². The van der Waals surface area contributed by atoms with Gasteiger partial charge in [0.25, 0.3) is 0 Å². The van der Waals surface area contributed by atoms with E-state index in [1.165, 1.54) is 17.7 Å². The van der Waals surface area contributed by atoms with Crippen molar-refractivity contribution in [1.29, 1.82) is 0 Å². The van der Waals surface area contributed by atoms with E-state index in [2.05, 4.69) is 46.7 Å². The standard InChI is InChI=1S/C16H20Cl2N2O3.C12H20N2S/c17-13-3-1-4-14(18)12(13)10-20-8-7-11(9-20)19-15(21)5-2-6-16(22)23;1-14(2)12(11-4-3-9-15-11)7-5-10(13)6-8-12/h1,3-4,11H,2,5-10H2,(H,19,21)(H,22,23);3-4,9-10H,5-8,13H2,1-2H3. The number of hydrogen-bond donors (Lipinski definition) is 3. The molecule has 4 rings (SSSR count). The molecule has 1 aliphatic heterocycles. The summed E-state index contributed by atoms with van der Waals surface area (Å²) in [5.74, 6) is -0.963. The van der Waals surface area contributed by atoms with Crippen molar-refractivity contribution in [3.05, 3.63) is 56.2 Å². The average Bonchev–Trinajstić information content (AvgIpc) is 3.55. The van der Waals surface area contributed by atoms with Gasteiger partial charge < -0.3 is 16.2 Å². The van der Waals surface area contributed by atoms with Crippen LogP contribution in [0.15, 0.2) is 35.7 Å². The van der Waals surface area contributed by atoms with Gasteiger partial charge in [-0.05, 0) is 76.2 Å². The van der Waals surface area contributed by atoms with E-state index in [-0.39, 0.29) is 30.3 Å². The number of carbonyl (C=O) groups excluding carboxylic acids is 1. The van der Waals surface area contributed by atoms with E-state index in [1.54, 1.807) is 0 Å². The van der Waals surface area contributed by atoms with Crippen molar-refractivity contribution in [2.75, 3.05) is 27.2 Å². The fourth-order valence-corrected chi connectivity index (χ4v) is 6.86. The Hall–Kier alpha value is -1.68. The van der Waals surface area contributed by atoms with Gasteiger partial charge in [-0.1, -0.05) is 35.3 Å². The van der Waals surface area contributed by atoms with E-state index in [9.17, 15) is 9.59 Å². The molecule has 1 saturated carbocycles. The Bertz CT molecular complexity index is 1020. The number of benzene rings is 1. The van der Waals surface area contributed by atoms with Crippen LogP contribution >= 0.6 is 34.5 Å². The number of amides is 1. The van der Waals surface area contributed by atoms with Crippen LogP contribution in [0, 0.1) is 0 Å². The molecule has 2 heterocycles. The summed E-state index contributed by atoms with van der Waals surface area (Å²) in [4.78, 5) is 28.3. The van der Waals surface area contributed by atoms with Gasteiger partial charge in [-0.15, -0.1) is 11.3 Å². The number of halogens is 2. The number of hydrogen-bond acceptors (Lipinski definition) is 6. The van der Waals surface area contributed by atoms with Gasteiger partial charge in [-0.3, -0.25) is 19.4 Å². The number of carboxylic acid groups (broad SMARTS) is 1. The van der Waals surface area contributed by atoms with Crippen molar-refractivity contribution in [3.8, 4) is 0 Å². The Kier molecular flexibility index (Phi) is 11.9. The maximum absolute atomic E-state index is 11.8. The van der Waals surface area contributed by atoms with Gasteiger partial charge >= 0.3 is 5.97 Å². The summed E-state index contributed by atoms with van der Waals surface area (Å²) in [6, 6.07) is 10.4. The van der Waals surface area contributed by atoms with Crippen LogP contribution in [-0.2, 0) is 21.7 Å². The van der Waals surface area contributed by atoms with E-state index in [0.717, 1.165) is 37.9 Å². The number of nitrogens with one attached hydrogen (secondary N) is 1. The molecule has 1 atom stereocenters. The molecule has 10 heteroatoms. The second-order valence-corrected chi connectivity index (χ2v) is 12.2. The lowest BCUT2D eigenvalue weighted by molar-refractivity contribution is -0.137. The molecule has 4 N–H and O–H groups in total. The first-order chi connectivity index (χ1) is 18.1. The molecule has 0 spiro atoms. The number of carbonyl (C=O) groups is 2. The minimum atomic E-state index is -0.874. The molecular formula is C28H40Cl2N4O3S. The topological polar surface area (TPSA) is 98.9 Å². The highest BCUT2D eigenvalue weighted by Gasteiger charge is 2.38. The van der Waals surface area contributed by atoms with Crippen LogP contribution in [-0.4, -0.2) is 66.1 Å². The van der Waals surface area contributed by atoms with Gasteiger partial charge in [0.2, 0.25) is 5.91 Å². The molecule has 0 radical (unpaired) electrons. The molecule has 210 valence electrons. The van der Waals surface area contributed by atoms with Gasteiger partial charge in [0.1, 0.15) is 0 Å². The number of likely N-dealkylation sites (tertiary alicyclic amines) is 1. The Labute approximate surface area is 240 Å². The fourth-order valence-electron chi connectivity index (χ4n) is 5.28. The third-order valence-corrected chi connectivity index (χ3v) is 9.34. The zero-order valence-electron chi connectivity index (χ0n) is 22.3. The van der Waals surface area contributed by atoms with Crippen LogP contribution in [0.1, 0.15) is 61.8 Å². The predicted octanol–water partition coefficient (Wildman–Crippen LogP) is 5.35. The summed E-state index contributed by atoms with van der Waals surface area (Å²) in [6.07, 6.45) is 6.20. The smallest absolute Gasteiger partial charge is 0.303 e. The van der Waals surface area contributed by atoms with Crippen LogP contribution in [0.2, 0.25) is 10.0 Å². The molecule has 1 aromatic heterocycles. The lowest BCUT2D eigenvalue weighted by Crippen LogP contribution is -2.46. The minimum absolute atomic E-state index is 0.0230. The summed E-state index contributed by atoms with van der Waals surface area (Å²) in [5, 5.41) is 15.0. The molecular weight excluding hydrogens is 543 g/mol. The number of nitrogens with zero attached hydrogens (tertiary/aromatic N) is 2. The second kappa shape index (κ2) is 14.6. The van der Waals surface area contributed by atoms with Crippen LogP contribution in [0.4, 0.5) is 0 Å². The van der Waals surface area contributed by atoms with Crippen molar-refractivity contribution in [2.45, 2.75) is 75.5 Å². The number of carboxylic acids is 1. The maximum Gasteiger partial charge on any atom is 0.303 e. The van der Waals surface area contributed by atoms with Crippen molar-refractivity contribution >= 4 is 46.4 Å². The van der Waals surface area contributed by atoms with Gasteiger partial charge in [0.15, 0.2) is 0 Å². The molecule has 0 bridgehead atoms. The van der Waals surface area contributed by atoms with Crippen molar-refractivity contribution < 1.29 is 14.7 Å². The first-order valence-electron chi connectivity index (χ1n) is 13.2. The Morgan fingerprint density at radius 1 is 1.13 bits per heavy atom. The molecule has 2 aromatic rings. The quantitative estimate of drug-likeness (QED) is 0.369. The Balaban J connectivity index is 0.000000230. The molecule has 1 aromatic carbocycles. The zero-order chi connectivity index (χ0) is 27.7. The average molecular weight is 584 g/mol. The molecule has 38 heavy (non-hydrogen) atoms. The van der Waals surface area contributed by atoms with Gasteiger partial charge in [0.05, 0.1) is 5.54 Å². The molecule has 1 saturated heterocycles. The summed E-state index contributed by atoms with van der Waals surface area (Å²) in [7, 11) is 4.38. The Morgan fingerprint density at radius 3 is 2.39 bits per heavy atom. The minimum Gasteiger partial charge on any atom is -0.481 e. The van der Waals surface area contributed by atoms with Crippen molar-refractivity contribution in [2.24, 2.45) is 5.73 Å². The highest BCUT2D eigenvalue weighted by Crippen LogP contribution is 2.42. The van der Waals surface area contributed by atoms with Crippen LogP contribution in [0.3, 0.4) is 0 Å². The SMILES string of the molecule is CN(C)C1(c2cccs2)CCC(N)CC1.O=C(O)CCCC(=O)NC1CCN(Cc2c(Cl)cccc2Cl)C1. The van der Waals surface area contributed by atoms with E-state index in [0.29, 0.717) is 29.1 Å². The zero-order valence-corrected chi connectivity index (χ0v) is 24.6. The number of nitrogens with two attached hydrogens (primary N) is 1. The molecule has 2 aliphatic rings. The first-order valence-corrected chi connectivity index (χ1v) is 14.9. The van der Waals surface area contributed by atoms with Crippen LogP contribution < -0.4 is 11.1 Å². The van der Waals surface area contributed by atoms with Crippen molar-refractivity contribution in [1.82, 2.24) is 15.1 Å². The van der Waals surface area contributed by atoms with Gasteiger partial charge in [0, 0.05) is 65.0 Å². The fraction of sp³-hybridized carbons (Fsp3) is 0.571. The normalized spacial score (nSPS) is 23.6. The summed E-state index contributed by atoms with van der Waals surface area (Å²) < 4.78 is 0. The lowest BCUT2D eigenvalue weighted by atomic mass is 9.78. The molecule has 1 unspecified atom stereocenters. The highest BCUT2D eigenvalue weighted by atomic mass is 35.5. The molecule has 1 aliphatic carbocycles. The van der Waals surface area contributed by atoms with Crippen LogP contribution in [0.5, 0.6) is 0 Å². The predicted molar refractivity (Wildman–Crippen MR) is 156 cm³/mol. The number of aliphatic carboxylic acids is 1. The first kappa shape index (κ1) is 30.9. The summed E-state index contributed by atoms with van der Waals surface area (Å²) in [5.41, 5.74) is 7.15. The number of thiophene rings is 1. The maximum atomic E-state index is 11.8. The van der Waals surface area contributed by atoms with Crippen LogP contribution in [0.25, 0.3) is 0 Å². The molecule has 7 nitrogen and oxygen atoms in total. The van der Waals surface area contributed by atoms with E-state index in [1.807, 2.05) is 29.5 Å². The Morgan fingerprint density at radius 2 is 1.82 bits per heavy atom. The third-order valence-electron chi connectivity index (χ3n) is 7.57. The lowest BCUT2D eigenvalue weighted by Gasteiger charge is -2.44. The van der Waals surface area contributed by atoms with Crippen molar-refractivity contribution in [3.63, 3.8) is 0 Å². The van der Waals surface area contributed by atoms with Gasteiger partial charge in [-0.25, -0.2) is 0 Å². The second-order valence-electron chi connectivity index (χ2n) is 10.5. The summed E-state index contributed by atoms with van der Waals surface area (Å²) >= 11 is 14.2. The third kappa shape index (κ3) is 8.66. The monoisotopic (exact) mass is 582 g/mol. The molecule has 2 fully saturated rings. The highest BCUT2D eigenvalue weighted by molar-refractivity contribution is 7.10. The van der Waals surface area contributed by atoms with Gasteiger partial charge in [-0.2, -0.15) is 0 Å². The molecule has 1 amide bonds. The van der Waals surface area contributed by atoms with E-state index >= 15 is 0 Å². The number of rotatable bonds is 9. The summed E-state index contributed by atoms with van der Waals surface area (Å²) in [6.45, 7) is 2.26. The van der Waals surface area contributed by atoms with E-state index in [4.69, 9.17) is 34.0 Å². The largest absolute Gasteiger partial charge is 0.481 e.